The molecule has 2 heterocycles. The molecule has 92 valence electrons. The maximum atomic E-state index is 4.65. The molecule has 3 aromatic rings. The van der Waals surface area contributed by atoms with E-state index < -0.39 is 0 Å². The number of aryl methyl sites for hydroxylation is 4. The van der Waals surface area contributed by atoms with Crippen molar-refractivity contribution in [3.8, 4) is 11.3 Å². The summed E-state index contributed by atoms with van der Waals surface area (Å²) in [5.41, 5.74) is 6.10. The molecule has 0 saturated carbocycles. The van der Waals surface area contributed by atoms with Crippen LogP contribution in [0.1, 0.15) is 21.7 Å². The van der Waals surface area contributed by atoms with Crippen LogP contribution in [0, 0.1) is 27.7 Å². The molecule has 3 nitrogen and oxygen atoms in total. The summed E-state index contributed by atoms with van der Waals surface area (Å²) in [5, 5.41) is 5.44. The fraction of sp³-hybridized carbons (Fsp3) is 0.286. The minimum absolute atomic E-state index is 0.958. The van der Waals surface area contributed by atoms with E-state index in [9.17, 15) is 0 Å². The molecular weight excluding hydrogens is 242 g/mol. The van der Waals surface area contributed by atoms with Gasteiger partial charge in [0, 0.05) is 5.56 Å². The summed E-state index contributed by atoms with van der Waals surface area (Å²) in [7, 11) is 0. The number of hydrogen-bond acceptors (Lipinski definition) is 3. The molecule has 0 aliphatic carbocycles. The molecule has 0 aliphatic rings. The predicted octanol–water partition coefficient (Wildman–Crippen LogP) is 3.69. The summed E-state index contributed by atoms with van der Waals surface area (Å²) >= 11 is 1.62. The first-order valence-electron chi connectivity index (χ1n) is 5.95. The van der Waals surface area contributed by atoms with Crippen LogP contribution in [0.3, 0.4) is 0 Å². The molecule has 1 aromatic carbocycles. The van der Waals surface area contributed by atoms with Crippen molar-refractivity contribution in [3.63, 3.8) is 0 Å². The lowest BCUT2D eigenvalue weighted by atomic mass is 9.99. The van der Waals surface area contributed by atoms with Crippen LogP contribution < -0.4 is 0 Å². The summed E-state index contributed by atoms with van der Waals surface area (Å²) < 4.78 is 1.87. The minimum Gasteiger partial charge on any atom is -0.217 e. The molecule has 0 bridgehead atoms. The van der Waals surface area contributed by atoms with Gasteiger partial charge in [0.15, 0.2) is 0 Å². The van der Waals surface area contributed by atoms with Crippen molar-refractivity contribution in [2.75, 3.05) is 0 Å². The standard InChI is InChI=1S/C14H15N3S/c1-8-5-10(3)12(6-9(8)2)13-7-17-14(15-13)18-11(4)16-17/h5-7H,1-4H3. The Balaban J connectivity index is 2.19. The topological polar surface area (TPSA) is 30.2 Å². The van der Waals surface area contributed by atoms with Gasteiger partial charge in [-0.2, -0.15) is 5.10 Å². The fourth-order valence-electron chi connectivity index (χ4n) is 2.17. The second kappa shape index (κ2) is 3.92. The monoisotopic (exact) mass is 257 g/mol. The van der Waals surface area contributed by atoms with E-state index in [1.165, 1.54) is 22.3 Å². The molecule has 0 fully saturated rings. The van der Waals surface area contributed by atoms with Gasteiger partial charge in [-0.25, -0.2) is 9.50 Å². The quantitative estimate of drug-likeness (QED) is 0.665. The van der Waals surface area contributed by atoms with Crippen LogP contribution in [0.4, 0.5) is 0 Å². The normalized spacial score (nSPS) is 11.3. The SMILES string of the molecule is Cc1nn2cc(-c3cc(C)c(C)cc3C)nc2s1. The summed E-state index contributed by atoms with van der Waals surface area (Å²) in [6, 6.07) is 4.43. The van der Waals surface area contributed by atoms with Crippen molar-refractivity contribution in [3.05, 3.63) is 40.0 Å². The lowest BCUT2D eigenvalue weighted by Crippen LogP contribution is -1.89. The Hall–Kier alpha value is -1.68. The van der Waals surface area contributed by atoms with Gasteiger partial charge in [-0.1, -0.05) is 17.4 Å². The summed E-state index contributed by atoms with van der Waals surface area (Å²) in [4.78, 5) is 5.61. The average Bonchev–Trinajstić information content (AvgIpc) is 2.80. The number of rotatable bonds is 1. The molecule has 0 N–H and O–H groups in total. The van der Waals surface area contributed by atoms with Crippen LogP contribution in [0.25, 0.3) is 16.2 Å². The first kappa shape index (κ1) is 11.4. The van der Waals surface area contributed by atoms with E-state index in [1.54, 1.807) is 11.3 Å². The van der Waals surface area contributed by atoms with E-state index in [4.69, 9.17) is 0 Å². The molecular formula is C14H15N3S. The summed E-state index contributed by atoms with van der Waals surface area (Å²) in [5.74, 6) is 0. The van der Waals surface area contributed by atoms with E-state index in [2.05, 4.69) is 43.0 Å². The second-order valence-corrected chi connectivity index (χ2v) is 5.89. The Bertz CT molecular complexity index is 705. The molecule has 18 heavy (non-hydrogen) atoms. The first-order valence-corrected chi connectivity index (χ1v) is 6.77. The van der Waals surface area contributed by atoms with Crippen LogP contribution in [-0.4, -0.2) is 14.6 Å². The Labute approximate surface area is 110 Å². The van der Waals surface area contributed by atoms with Crippen molar-refractivity contribution in [2.45, 2.75) is 27.7 Å². The smallest absolute Gasteiger partial charge is 0.212 e. The number of fused-ring (bicyclic) bond motifs is 1. The van der Waals surface area contributed by atoms with E-state index in [0.717, 1.165) is 15.7 Å². The number of imidazole rings is 1. The van der Waals surface area contributed by atoms with Crippen molar-refractivity contribution in [2.24, 2.45) is 0 Å². The number of hydrogen-bond donors (Lipinski definition) is 0. The van der Waals surface area contributed by atoms with Crippen LogP contribution in [0.5, 0.6) is 0 Å². The summed E-state index contributed by atoms with van der Waals surface area (Å²) in [6.07, 6.45) is 2.01. The summed E-state index contributed by atoms with van der Waals surface area (Å²) in [6.45, 7) is 8.41. The molecule has 0 aliphatic heterocycles. The third-order valence-corrected chi connectivity index (χ3v) is 4.10. The van der Waals surface area contributed by atoms with Gasteiger partial charge < -0.3 is 0 Å². The zero-order valence-electron chi connectivity index (χ0n) is 11.0. The van der Waals surface area contributed by atoms with Crippen molar-refractivity contribution in [1.82, 2.24) is 14.6 Å². The van der Waals surface area contributed by atoms with Crippen LogP contribution >= 0.6 is 11.3 Å². The lowest BCUT2D eigenvalue weighted by Gasteiger charge is -2.07. The molecule has 0 amide bonds. The Kier molecular flexibility index (Phi) is 2.48. The maximum absolute atomic E-state index is 4.65. The number of benzene rings is 1. The molecule has 0 atom stereocenters. The lowest BCUT2D eigenvalue weighted by molar-refractivity contribution is 0.946. The van der Waals surface area contributed by atoms with Crippen molar-refractivity contribution in [1.29, 1.82) is 0 Å². The van der Waals surface area contributed by atoms with E-state index in [1.807, 2.05) is 17.6 Å². The van der Waals surface area contributed by atoms with Crippen LogP contribution in [0.2, 0.25) is 0 Å². The molecule has 3 rings (SSSR count). The van der Waals surface area contributed by atoms with Gasteiger partial charge in [-0.05, 0) is 50.5 Å². The van der Waals surface area contributed by atoms with E-state index in [0.29, 0.717) is 0 Å². The van der Waals surface area contributed by atoms with Crippen LogP contribution in [-0.2, 0) is 0 Å². The zero-order valence-corrected chi connectivity index (χ0v) is 11.8. The predicted molar refractivity (Wildman–Crippen MR) is 75.2 cm³/mol. The Morgan fingerprint density at radius 2 is 1.72 bits per heavy atom. The first-order chi connectivity index (χ1) is 8.54. The molecule has 0 unspecified atom stereocenters. The molecule has 0 spiro atoms. The molecule has 0 radical (unpaired) electrons. The highest BCUT2D eigenvalue weighted by molar-refractivity contribution is 7.16. The van der Waals surface area contributed by atoms with E-state index >= 15 is 0 Å². The highest BCUT2D eigenvalue weighted by atomic mass is 32.1. The average molecular weight is 257 g/mol. The zero-order chi connectivity index (χ0) is 12.9. The van der Waals surface area contributed by atoms with Gasteiger partial charge in [-0.15, -0.1) is 0 Å². The Morgan fingerprint density at radius 1 is 1.00 bits per heavy atom. The van der Waals surface area contributed by atoms with Gasteiger partial charge in [0.25, 0.3) is 0 Å². The molecule has 2 aromatic heterocycles. The third-order valence-electron chi connectivity index (χ3n) is 3.26. The third kappa shape index (κ3) is 1.73. The fourth-order valence-corrected chi connectivity index (χ4v) is 2.89. The largest absolute Gasteiger partial charge is 0.217 e. The number of nitrogens with zero attached hydrogens (tertiary/aromatic N) is 3. The van der Waals surface area contributed by atoms with Gasteiger partial charge >= 0.3 is 0 Å². The highest BCUT2D eigenvalue weighted by Crippen LogP contribution is 2.27. The molecule has 4 heteroatoms. The van der Waals surface area contributed by atoms with Gasteiger partial charge in [0.2, 0.25) is 4.96 Å². The number of aromatic nitrogens is 3. The maximum Gasteiger partial charge on any atom is 0.212 e. The highest BCUT2D eigenvalue weighted by Gasteiger charge is 2.10. The van der Waals surface area contributed by atoms with Gasteiger partial charge in [0.1, 0.15) is 5.01 Å². The van der Waals surface area contributed by atoms with E-state index in [-0.39, 0.29) is 0 Å². The van der Waals surface area contributed by atoms with Gasteiger partial charge in [-0.3, -0.25) is 0 Å². The van der Waals surface area contributed by atoms with Crippen molar-refractivity contribution < 1.29 is 0 Å². The van der Waals surface area contributed by atoms with Gasteiger partial charge in [0.05, 0.1) is 11.9 Å². The Morgan fingerprint density at radius 3 is 2.44 bits per heavy atom. The van der Waals surface area contributed by atoms with Crippen molar-refractivity contribution >= 4 is 16.3 Å². The second-order valence-electron chi connectivity index (χ2n) is 4.73. The molecule has 0 saturated heterocycles. The van der Waals surface area contributed by atoms with Crippen LogP contribution in [0.15, 0.2) is 18.3 Å². The minimum atomic E-state index is 0.958.